The summed E-state index contributed by atoms with van der Waals surface area (Å²) in [6.07, 6.45) is 0. The van der Waals surface area contributed by atoms with Gasteiger partial charge in [0.25, 0.3) is 0 Å². The Morgan fingerprint density at radius 1 is 1.33 bits per heavy atom. The summed E-state index contributed by atoms with van der Waals surface area (Å²) in [6, 6.07) is 8.91. The molecular weight excluding hydrogens is 212 g/mol. The summed E-state index contributed by atoms with van der Waals surface area (Å²) in [7, 11) is -1.25. The lowest BCUT2D eigenvalue weighted by atomic mass is 9.97. The number of benzene rings is 1. The minimum atomic E-state index is -1.25. The number of carbonyl (C=O) groups is 1. The van der Waals surface area contributed by atoms with Crippen molar-refractivity contribution in [1.82, 2.24) is 0 Å². The molecule has 4 heteroatoms. The van der Waals surface area contributed by atoms with Crippen LogP contribution in [0.15, 0.2) is 35.2 Å². The molecule has 0 aromatic heterocycles. The maximum atomic E-state index is 11.8. The normalized spacial score (nSPS) is 13.5. The van der Waals surface area contributed by atoms with Gasteiger partial charge in [-0.2, -0.15) is 0 Å². The Hall–Kier alpha value is -1.16. The molecule has 0 aliphatic rings. The zero-order valence-electron chi connectivity index (χ0n) is 8.77. The van der Waals surface area contributed by atoms with Crippen molar-refractivity contribution in [2.45, 2.75) is 18.7 Å². The van der Waals surface area contributed by atoms with E-state index in [1.54, 1.807) is 38.1 Å². The molecule has 0 bridgehead atoms. The Labute approximate surface area is 91.6 Å². The van der Waals surface area contributed by atoms with Crippen molar-refractivity contribution < 1.29 is 14.1 Å². The van der Waals surface area contributed by atoms with Gasteiger partial charge in [-0.25, -0.2) is 0 Å². The summed E-state index contributed by atoms with van der Waals surface area (Å²) in [5.41, 5.74) is -0.958. The van der Waals surface area contributed by atoms with Crippen molar-refractivity contribution in [3.05, 3.63) is 30.3 Å². The fraction of sp³-hybridized carbons (Fsp3) is 0.364. The van der Waals surface area contributed by atoms with Gasteiger partial charge in [0, 0.05) is 10.6 Å². The molecule has 0 saturated heterocycles. The summed E-state index contributed by atoms with van der Waals surface area (Å²) < 4.78 is 11.8. The highest BCUT2D eigenvalue weighted by atomic mass is 32.2. The first kappa shape index (κ1) is 11.9. The predicted octanol–water partition coefficient (Wildman–Crippen LogP) is 1.91. The second-order valence-electron chi connectivity index (χ2n) is 3.99. The quantitative estimate of drug-likeness (QED) is 0.853. The van der Waals surface area contributed by atoms with Crippen LogP contribution < -0.4 is 0 Å². The third-order valence-electron chi connectivity index (χ3n) is 2.08. The third kappa shape index (κ3) is 3.16. The predicted molar refractivity (Wildman–Crippen MR) is 59.1 cm³/mol. The third-order valence-corrected chi connectivity index (χ3v) is 3.86. The summed E-state index contributed by atoms with van der Waals surface area (Å²) in [6.45, 7) is 3.16. The van der Waals surface area contributed by atoms with Gasteiger partial charge >= 0.3 is 5.97 Å². The molecule has 0 heterocycles. The smallest absolute Gasteiger partial charge is 0.310 e. The maximum Gasteiger partial charge on any atom is 0.310 e. The Balaban J connectivity index is 2.77. The van der Waals surface area contributed by atoms with Gasteiger partial charge in [0.05, 0.1) is 16.2 Å². The Morgan fingerprint density at radius 3 is 2.33 bits per heavy atom. The summed E-state index contributed by atoms with van der Waals surface area (Å²) >= 11 is 0. The van der Waals surface area contributed by atoms with Crippen LogP contribution >= 0.6 is 0 Å². The zero-order chi connectivity index (χ0) is 11.5. The zero-order valence-corrected chi connectivity index (χ0v) is 9.58. The fourth-order valence-electron chi connectivity index (χ4n) is 1.05. The van der Waals surface area contributed by atoms with Crippen molar-refractivity contribution in [2.75, 3.05) is 5.75 Å². The van der Waals surface area contributed by atoms with Crippen molar-refractivity contribution in [3.8, 4) is 0 Å². The van der Waals surface area contributed by atoms with Crippen LogP contribution in [-0.4, -0.2) is 21.0 Å². The second kappa shape index (κ2) is 4.57. The molecular formula is C11H14O3S. The summed E-state index contributed by atoms with van der Waals surface area (Å²) in [5, 5.41) is 8.90. The SMILES string of the molecule is CC(C)(CS(=O)c1ccccc1)C(=O)O. The van der Waals surface area contributed by atoms with E-state index in [2.05, 4.69) is 0 Å². The average Bonchev–Trinajstić information content (AvgIpc) is 2.18. The highest BCUT2D eigenvalue weighted by Crippen LogP contribution is 2.20. The number of hydrogen-bond acceptors (Lipinski definition) is 2. The summed E-state index contributed by atoms with van der Waals surface area (Å²) in [4.78, 5) is 11.5. The molecule has 1 N–H and O–H groups in total. The van der Waals surface area contributed by atoms with Crippen molar-refractivity contribution in [2.24, 2.45) is 5.41 Å². The van der Waals surface area contributed by atoms with Gasteiger partial charge < -0.3 is 5.11 Å². The molecule has 82 valence electrons. The molecule has 0 fully saturated rings. The lowest BCUT2D eigenvalue weighted by Gasteiger charge is -2.17. The van der Waals surface area contributed by atoms with Gasteiger partial charge in [-0.1, -0.05) is 18.2 Å². The van der Waals surface area contributed by atoms with Gasteiger partial charge in [0.2, 0.25) is 0 Å². The van der Waals surface area contributed by atoms with Crippen LogP contribution in [0.5, 0.6) is 0 Å². The standard InChI is InChI=1S/C11H14O3S/c1-11(2,10(12)13)8-15(14)9-6-4-3-5-7-9/h3-7H,8H2,1-2H3,(H,12,13). The van der Waals surface area contributed by atoms with Crippen LogP contribution in [0.2, 0.25) is 0 Å². The number of rotatable bonds is 4. The van der Waals surface area contributed by atoms with E-state index in [9.17, 15) is 9.00 Å². The molecule has 1 unspecified atom stereocenters. The molecule has 15 heavy (non-hydrogen) atoms. The van der Waals surface area contributed by atoms with Crippen molar-refractivity contribution in [3.63, 3.8) is 0 Å². The van der Waals surface area contributed by atoms with Crippen LogP contribution in [-0.2, 0) is 15.6 Å². The van der Waals surface area contributed by atoms with Crippen LogP contribution in [0.3, 0.4) is 0 Å². The van der Waals surface area contributed by atoms with Crippen molar-refractivity contribution in [1.29, 1.82) is 0 Å². The van der Waals surface area contributed by atoms with E-state index in [1.165, 1.54) is 0 Å². The molecule has 1 aromatic carbocycles. The highest BCUT2D eigenvalue weighted by Gasteiger charge is 2.29. The van der Waals surface area contributed by atoms with E-state index in [-0.39, 0.29) is 5.75 Å². The monoisotopic (exact) mass is 226 g/mol. The Kier molecular flexibility index (Phi) is 3.63. The minimum absolute atomic E-state index is 0.131. The van der Waals surface area contributed by atoms with Crippen LogP contribution in [0.1, 0.15) is 13.8 Å². The topological polar surface area (TPSA) is 54.4 Å². The number of carboxylic acids is 1. The van der Waals surface area contributed by atoms with E-state index in [4.69, 9.17) is 5.11 Å². The molecule has 1 rings (SSSR count). The van der Waals surface area contributed by atoms with Crippen molar-refractivity contribution >= 4 is 16.8 Å². The molecule has 0 aliphatic carbocycles. The molecule has 0 aliphatic heterocycles. The van der Waals surface area contributed by atoms with E-state index >= 15 is 0 Å². The number of carboxylic acid groups (broad SMARTS) is 1. The molecule has 0 radical (unpaired) electrons. The first-order valence-corrected chi connectivity index (χ1v) is 5.92. The molecule has 0 spiro atoms. The fourth-order valence-corrected chi connectivity index (χ4v) is 2.45. The van der Waals surface area contributed by atoms with Gasteiger partial charge in [-0.3, -0.25) is 9.00 Å². The highest BCUT2D eigenvalue weighted by molar-refractivity contribution is 7.85. The van der Waals surface area contributed by atoms with Gasteiger partial charge in [-0.05, 0) is 26.0 Å². The van der Waals surface area contributed by atoms with Crippen LogP contribution in [0.4, 0.5) is 0 Å². The second-order valence-corrected chi connectivity index (χ2v) is 5.44. The van der Waals surface area contributed by atoms with E-state index < -0.39 is 22.2 Å². The molecule has 1 aromatic rings. The van der Waals surface area contributed by atoms with E-state index in [0.717, 1.165) is 0 Å². The van der Waals surface area contributed by atoms with Crippen LogP contribution in [0.25, 0.3) is 0 Å². The largest absolute Gasteiger partial charge is 0.481 e. The maximum absolute atomic E-state index is 11.8. The lowest BCUT2D eigenvalue weighted by molar-refractivity contribution is -0.145. The first-order valence-electron chi connectivity index (χ1n) is 4.60. The van der Waals surface area contributed by atoms with Crippen LogP contribution in [0, 0.1) is 5.41 Å². The van der Waals surface area contributed by atoms with Gasteiger partial charge in [0.15, 0.2) is 0 Å². The number of hydrogen-bond donors (Lipinski definition) is 1. The molecule has 1 atom stereocenters. The molecule has 0 amide bonds. The summed E-state index contributed by atoms with van der Waals surface area (Å²) in [5.74, 6) is -0.793. The number of aliphatic carboxylic acids is 1. The Bertz CT molecular complexity index is 371. The lowest BCUT2D eigenvalue weighted by Crippen LogP contribution is -2.30. The van der Waals surface area contributed by atoms with E-state index in [0.29, 0.717) is 4.90 Å². The molecule has 0 saturated carbocycles. The van der Waals surface area contributed by atoms with Gasteiger partial charge in [-0.15, -0.1) is 0 Å². The Morgan fingerprint density at radius 2 is 1.87 bits per heavy atom. The van der Waals surface area contributed by atoms with Gasteiger partial charge in [0.1, 0.15) is 0 Å². The minimum Gasteiger partial charge on any atom is -0.481 e. The van der Waals surface area contributed by atoms with E-state index in [1.807, 2.05) is 6.07 Å². The molecule has 3 nitrogen and oxygen atoms in total. The average molecular weight is 226 g/mol. The first-order chi connectivity index (χ1) is 6.93.